The van der Waals surface area contributed by atoms with E-state index in [1.165, 1.54) is 0 Å². The molecule has 3 aromatic rings. The lowest BCUT2D eigenvalue weighted by molar-refractivity contribution is 0.0948. The summed E-state index contributed by atoms with van der Waals surface area (Å²) in [5, 5.41) is 8.03. The number of rotatable bonds is 5. The Morgan fingerprint density at radius 2 is 1.96 bits per heavy atom. The minimum atomic E-state index is -0.389. The highest BCUT2D eigenvalue weighted by molar-refractivity contribution is 9.10. The summed E-state index contributed by atoms with van der Waals surface area (Å²) >= 11 is 3.28. The van der Waals surface area contributed by atoms with Crippen molar-refractivity contribution >= 4 is 28.1 Å². The molecule has 0 bridgehead atoms. The number of halogens is 1. The molecular formula is C18H15BrN4O2. The molecule has 0 saturated heterocycles. The molecule has 1 N–H and O–H groups in total. The number of carbonyl (C=O) groups is 1. The Labute approximate surface area is 153 Å². The normalized spacial score (nSPS) is 10.8. The fourth-order valence-corrected chi connectivity index (χ4v) is 2.67. The van der Waals surface area contributed by atoms with E-state index in [1.54, 1.807) is 24.1 Å². The Morgan fingerprint density at radius 1 is 1.20 bits per heavy atom. The number of benzene rings is 2. The molecule has 1 heterocycles. The van der Waals surface area contributed by atoms with Crippen LogP contribution < -0.4 is 10.2 Å². The monoisotopic (exact) mass is 398 g/mol. The zero-order valence-corrected chi connectivity index (χ0v) is 15.0. The van der Waals surface area contributed by atoms with Crippen LogP contribution in [0.4, 0.5) is 0 Å². The lowest BCUT2D eigenvalue weighted by Crippen LogP contribution is -2.18. The maximum atomic E-state index is 12.0. The predicted octanol–water partition coefficient (Wildman–Crippen LogP) is 3.74. The number of amides is 1. The fraction of sp³-hybridized carbons (Fsp3) is 0.0556. The van der Waals surface area contributed by atoms with Gasteiger partial charge in [-0.05, 0) is 45.8 Å². The van der Waals surface area contributed by atoms with Crippen molar-refractivity contribution in [3.63, 3.8) is 0 Å². The molecule has 0 radical (unpaired) electrons. The van der Waals surface area contributed by atoms with E-state index in [0.717, 1.165) is 11.3 Å². The maximum absolute atomic E-state index is 12.0. The summed E-state index contributed by atoms with van der Waals surface area (Å²) in [5.74, 6) is 1.05. The second-order valence-electron chi connectivity index (χ2n) is 5.19. The van der Waals surface area contributed by atoms with Gasteiger partial charge >= 0.3 is 0 Å². The van der Waals surface area contributed by atoms with Gasteiger partial charge in [-0.1, -0.05) is 30.3 Å². The largest absolute Gasteiger partial charge is 0.457 e. The number of nitrogens with zero attached hydrogens (tertiary/aromatic N) is 3. The van der Waals surface area contributed by atoms with Crippen molar-refractivity contribution in [1.82, 2.24) is 15.2 Å². The first-order valence-corrected chi connectivity index (χ1v) is 8.26. The number of ether oxygens (including phenoxy) is 1. The number of hydrogen-bond donors (Lipinski definition) is 1. The van der Waals surface area contributed by atoms with Crippen molar-refractivity contribution in [2.45, 2.75) is 0 Å². The van der Waals surface area contributed by atoms with E-state index in [4.69, 9.17) is 4.74 Å². The van der Waals surface area contributed by atoms with E-state index in [2.05, 4.69) is 31.6 Å². The van der Waals surface area contributed by atoms with Gasteiger partial charge in [-0.15, -0.1) is 0 Å². The quantitative estimate of drug-likeness (QED) is 0.525. The van der Waals surface area contributed by atoms with Crippen molar-refractivity contribution in [2.75, 3.05) is 0 Å². The zero-order chi connectivity index (χ0) is 17.6. The van der Waals surface area contributed by atoms with Crippen molar-refractivity contribution in [1.29, 1.82) is 0 Å². The van der Waals surface area contributed by atoms with Crippen LogP contribution in [0.2, 0.25) is 0 Å². The topological polar surface area (TPSA) is 68.5 Å². The highest BCUT2D eigenvalue weighted by atomic mass is 79.9. The molecule has 0 atom stereocenters. The van der Waals surface area contributed by atoms with E-state index in [1.807, 2.05) is 54.6 Å². The molecule has 126 valence electrons. The number of para-hydroxylation sites is 1. The van der Waals surface area contributed by atoms with E-state index in [-0.39, 0.29) is 11.6 Å². The van der Waals surface area contributed by atoms with Gasteiger partial charge in [0.2, 0.25) is 0 Å². The minimum Gasteiger partial charge on any atom is -0.457 e. The third-order valence-electron chi connectivity index (χ3n) is 3.22. The summed E-state index contributed by atoms with van der Waals surface area (Å²) in [4.78, 5) is 12.0. The van der Waals surface area contributed by atoms with Gasteiger partial charge in [0.25, 0.3) is 5.91 Å². The SMILES string of the molecule is Cn1cc(Br)c(C(=O)NN=Cc2cccc(Oc3ccccc3)c2)n1. The predicted molar refractivity (Wildman–Crippen MR) is 98.9 cm³/mol. The molecule has 25 heavy (non-hydrogen) atoms. The molecule has 0 fully saturated rings. The lowest BCUT2D eigenvalue weighted by Gasteiger charge is -2.05. The van der Waals surface area contributed by atoms with Gasteiger partial charge in [-0.2, -0.15) is 10.2 Å². The van der Waals surface area contributed by atoms with Crippen LogP contribution in [-0.4, -0.2) is 21.9 Å². The molecule has 1 aromatic heterocycles. The summed E-state index contributed by atoms with van der Waals surface area (Å²) in [6.45, 7) is 0. The Balaban J connectivity index is 1.64. The van der Waals surface area contributed by atoms with E-state index in [0.29, 0.717) is 10.2 Å². The maximum Gasteiger partial charge on any atom is 0.293 e. The second kappa shape index (κ2) is 7.76. The van der Waals surface area contributed by atoms with Gasteiger partial charge in [0.05, 0.1) is 10.7 Å². The van der Waals surface area contributed by atoms with Gasteiger partial charge in [0, 0.05) is 13.2 Å². The van der Waals surface area contributed by atoms with Crippen LogP contribution >= 0.6 is 15.9 Å². The summed E-state index contributed by atoms with van der Waals surface area (Å²) < 4.78 is 7.93. The van der Waals surface area contributed by atoms with Gasteiger partial charge in [0.15, 0.2) is 5.69 Å². The Bertz CT molecular complexity index is 906. The molecular weight excluding hydrogens is 384 g/mol. The Hall–Kier alpha value is -2.93. The van der Waals surface area contributed by atoms with Crippen LogP contribution in [-0.2, 0) is 7.05 Å². The van der Waals surface area contributed by atoms with Crippen LogP contribution in [0.15, 0.2) is 70.4 Å². The van der Waals surface area contributed by atoms with Crippen molar-refractivity contribution < 1.29 is 9.53 Å². The first kappa shape index (κ1) is 16.9. The van der Waals surface area contributed by atoms with E-state index < -0.39 is 0 Å². The van der Waals surface area contributed by atoms with Crippen LogP contribution in [0.1, 0.15) is 16.1 Å². The smallest absolute Gasteiger partial charge is 0.293 e. The van der Waals surface area contributed by atoms with Crippen LogP contribution in [0.5, 0.6) is 11.5 Å². The lowest BCUT2D eigenvalue weighted by atomic mass is 10.2. The van der Waals surface area contributed by atoms with Crippen LogP contribution in [0.3, 0.4) is 0 Å². The minimum absolute atomic E-state index is 0.279. The third-order valence-corrected chi connectivity index (χ3v) is 3.80. The van der Waals surface area contributed by atoms with Crippen LogP contribution in [0, 0.1) is 0 Å². The molecule has 0 aliphatic heterocycles. The van der Waals surface area contributed by atoms with Gasteiger partial charge in [-0.25, -0.2) is 5.43 Å². The summed E-state index contributed by atoms with van der Waals surface area (Å²) in [7, 11) is 1.74. The first-order valence-electron chi connectivity index (χ1n) is 7.47. The number of hydrazone groups is 1. The fourth-order valence-electron chi connectivity index (χ4n) is 2.11. The Kier molecular flexibility index (Phi) is 5.25. The molecule has 0 saturated carbocycles. The first-order chi connectivity index (χ1) is 12.1. The van der Waals surface area contributed by atoms with Crippen LogP contribution in [0.25, 0.3) is 0 Å². The number of aryl methyl sites for hydroxylation is 1. The van der Waals surface area contributed by atoms with Gasteiger partial charge < -0.3 is 4.74 Å². The highest BCUT2D eigenvalue weighted by Crippen LogP contribution is 2.21. The molecule has 1 amide bonds. The average molecular weight is 399 g/mol. The number of hydrogen-bond acceptors (Lipinski definition) is 4. The molecule has 0 spiro atoms. The molecule has 6 nitrogen and oxygen atoms in total. The number of aromatic nitrogens is 2. The van der Waals surface area contributed by atoms with Crippen molar-refractivity contribution in [3.05, 3.63) is 76.5 Å². The standard InChI is InChI=1S/C18H15BrN4O2/c1-23-12-16(19)17(22-23)18(24)21-20-11-13-6-5-9-15(10-13)25-14-7-3-2-4-8-14/h2-12H,1H3,(H,21,24). The molecule has 7 heteroatoms. The molecule has 2 aromatic carbocycles. The summed E-state index contributed by atoms with van der Waals surface area (Å²) in [6, 6.07) is 16.9. The molecule has 0 unspecified atom stereocenters. The summed E-state index contributed by atoms with van der Waals surface area (Å²) in [6.07, 6.45) is 3.25. The highest BCUT2D eigenvalue weighted by Gasteiger charge is 2.13. The third kappa shape index (κ3) is 4.54. The second-order valence-corrected chi connectivity index (χ2v) is 6.04. The molecule has 0 aliphatic carbocycles. The van der Waals surface area contributed by atoms with Crippen molar-refractivity contribution in [3.8, 4) is 11.5 Å². The van der Waals surface area contributed by atoms with Crippen molar-refractivity contribution in [2.24, 2.45) is 12.1 Å². The summed E-state index contributed by atoms with van der Waals surface area (Å²) in [5.41, 5.74) is 3.53. The zero-order valence-electron chi connectivity index (χ0n) is 13.4. The Morgan fingerprint density at radius 3 is 2.68 bits per heavy atom. The number of carbonyl (C=O) groups excluding carboxylic acids is 1. The molecule has 0 aliphatic rings. The van der Waals surface area contributed by atoms with E-state index in [9.17, 15) is 4.79 Å². The number of nitrogens with one attached hydrogen (secondary N) is 1. The average Bonchev–Trinajstić information content (AvgIpc) is 2.94. The van der Waals surface area contributed by atoms with E-state index >= 15 is 0 Å². The molecule has 3 rings (SSSR count). The van der Waals surface area contributed by atoms with Gasteiger partial charge in [0.1, 0.15) is 11.5 Å². The van der Waals surface area contributed by atoms with Gasteiger partial charge in [-0.3, -0.25) is 9.48 Å².